The van der Waals surface area contributed by atoms with E-state index >= 15 is 0 Å². The van der Waals surface area contributed by atoms with Crippen molar-refractivity contribution in [3.8, 4) is 17.0 Å². The maximum Gasteiger partial charge on any atom is 0.416 e. The van der Waals surface area contributed by atoms with E-state index in [1.165, 1.54) is 48.1 Å². The SMILES string of the molecule is CC(=NNC(=S)Nc1ccc(S(N)(=O)=O)cc1)c1nn(C)c(-c2ccc(C(F)(F)F)cc2)c1O. The highest BCUT2D eigenvalue weighted by Gasteiger charge is 2.30. The van der Waals surface area contributed by atoms with Gasteiger partial charge in [-0.05, 0) is 55.5 Å². The fourth-order valence-electron chi connectivity index (χ4n) is 2.97. The average molecular weight is 513 g/mol. The van der Waals surface area contributed by atoms with Crippen LogP contribution in [0.1, 0.15) is 18.2 Å². The zero-order chi connectivity index (χ0) is 25.3. The normalized spacial score (nSPS) is 12.5. The molecule has 5 N–H and O–H groups in total. The first-order valence-corrected chi connectivity index (χ1v) is 11.4. The van der Waals surface area contributed by atoms with E-state index in [1.54, 1.807) is 6.92 Å². The minimum Gasteiger partial charge on any atom is -0.504 e. The van der Waals surface area contributed by atoms with Gasteiger partial charge in [-0.2, -0.15) is 23.4 Å². The summed E-state index contributed by atoms with van der Waals surface area (Å²) in [4.78, 5) is -0.0553. The molecule has 0 atom stereocenters. The van der Waals surface area contributed by atoms with Crippen LogP contribution in [0.15, 0.2) is 58.5 Å². The van der Waals surface area contributed by atoms with Gasteiger partial charge in [-0.15, -0.1) is 0 Å². The number of benzene rings is 2. The van der Waals surface area contributed by atoms with Gasteiger partial charge in [0.1, 0.15) is 5.69 Å². The van der Waals surface area contributed by atoms with Crippen LogP contribution in [0, 0.1) is 0 Å². The molecule has 0 bridgehead atoms. The predicted octanol–water partition coefficient (Wildman–Crippen LogP) is 3.17. The smallest absolute Gasteiger partial charge is 0.416 e. The number of rotatable bonds is 5. The van der Waals surface area contributed by atoms with Gasteiger partial charge < -0.3 is 10.4 Å². The molecule has 14 heteroatoms. The summed E-state index contributed by atoms with van der Waals surface area (Å²) in [5.74, 6) is -0.261. The Bertz CT molecular complexity index is 1350. The molecule has 1 heterocycles. The number of anilines is 1. The zero-order valence-electron chi connectivity index (χ0n) is 17.8. The summed E-state index contributed by atoms with van der Waals surface area (Å²) in [5, 5.41) is 26.8. The molecule has 0 saturated heterocycles. The summed E-state index contributed by atoms with van der Waals surface area (Å²) in [6, 6.07) is 9.87. The Balaban J connectivity index is 1.74. The Labute approximate surface area is 198 Å². The molecular formula is C20H19F3N6O3S2. The van der Waals surface area contributed by atoms with Crippen molar-refractivity contribution in [1.82, 2.24) is 15.2 Å². The summed E-state index contributed by atoms with van der Waals surface area (Å²) in [6.45, 7) is 1.55. The van der Waals surface area contributed by atoms with E-state index < -0.39 is 21.8 Å². The highest BCUT2D eigenvalue weighted by atomic mass is 32.2. The molecule has 0 fully saturated rings. The number of nitrogens with two attached hydrogens (primary N) is 1. The maximum atomic E-state index is 12.8. The lowest BCUT2D eigenvalue weighted by molar-refractivity contribution is -0.137. The number of hydrogen-bond donors (Lipinski definition) is 4. The molecule has 2 aromatic carbocycles. The number of primary sulfonamides is 1. The van der Waals surface area contributed by atoms with E-state index in [0.29, 0.717) is 11.3 Å². The number of hydrazone groups is 1. The van der Waals surface area contributed by atoms with Gasteiger partial charge in [0.2, 0.25) is 10.0 Å². The maximum absolute atomic E-state index is 12.8. The van der Waals surface area contributed by atoms with Crippen LogP contribution in [0.25, 0.3) is 11.3 Å². The third-order valence-corrected chi connectivity index (χ3v) is 5.74. The second kappa shape index (κ2) is 9.40. The van der Waals surface area contributed by atoms with Crippen LogP contribution in [0.3, 0.4) is 0 Å². The average Bonchev–Trinajstić information content (AvgIpc) is 3.05. The first-order chi connectivity index (χ1) is 15.8. The third-order valence-electron chi connectivity index (χ3n) is 4.62. The standard InChI is InChI=1S/C20H19F3N6O3S2/c1-11(26-27-19(33)25-14-7-9-15(10-8-14)34(24,31)32)16-18(30)17(29(2)28-16)12-3-5-13(6-4-12)20(21,22)23/h3-10,30H,1-2H3,(H2,24,31,32)(H2,25,27,33). The van der Waals surface area contributed by atoms with Gasteiger partial charge in [0.05, 0.1) is 16.2 Å². The number of aryl methyl sites for hydroxylation is 1. The van der Waals surface area contributed by atoms with Crippen molar-refractivity contribution in [3.05, 3.63) is 59.8 Å². The second-order valence-corrected chi connectivity index (χ2v) is 9.05. The molecule has 0 radical (unpaired) electrons. The quantitative estimate of drug-likeness (QED) is 0.234. The van der Waals surface area contributed by atoms with E-state index in [1.807, 2.05) is 0 Å². The van der Waals surface area contributed by atoms with Gasteiger partial charge >= 0.3 is 6.18 Å². The Morgan fingerprint density at radius 1 is 1.15 bits per heavy atom. The lowest BCUT2D eigenvalue weighted by Gasteiger charge is -2.08. The molecule has 0 aliphatic carbocycles. The fraction of sp³-hybridized carbons (Fsp3) is 0.150. The molecule has 0 aliphatic rings. The monoisotopic (exact) mass is 512 g/mol. The van der Waals surface area contributed by atoms with Crippen LogP contribution < -0.4 is 15.9 Å². The molecule has 0 unspecified atom stereocenters. The summed E-state index contributed by atoms with van der Waals surface area (Å²) >= 11 is 5.14. The van der Waals surface area contributed by atoms with Crippen molar-refractivity contribution in [2.45, 2.75) is 18.0 Å². The molecule has 0 amide bonds. The summed E-state index contributed by atoms with van der Waals surface area (Å²) in [7, 11) is -2.28. The van der Waals surface area contributed by atoms with E-state index in [-0.39, 0.29) is 32.9 Å². The van der Waals surface area contributed by atoms with Crippen molar-refractivity contribution in [1.29, 1.82) is 0 Å². The number of sulfonamides is 1. The van der Waals surface area contributed by atoms with Crippen molar-refractivity contribution < 1.29 is 26.7 Å². The largest absolute Gasteiger partial charge is 0.504 e. The van der Waals surface area contributed by atoms with E-state index in [4.69, 9.17) is 17.4 Å². The fourth-order valence-corrected chi connectivity index (χ4v) is 3.65. The molecule has 34 heavy (non-hydrogen) atoms. The van der Waals surface area contributed by atoms with Crippen molar-refractivity contribution in [2.24, 2.45) is 17.3 Å². The summed E-state index contributed by atoms with van der Waals surface area (Å²) in [5.41, 5.74) is 3.15. The minimum absolute atomic E-state index is 0.0553. The lowest BCUT2D eigenvalue weighted by atomic mass is 10.1. The van der Waals surface area contributed by atoms with Crippen LogP contribution in [-0.2, 0) is 23.2 Å². The van der Waals surface area contributed by atoms with Crippen LogP contribution in [0.2, 0.25) is 0 Å². The van der Waals surface area contributed by atoms with Crippen LogP contribution in [0.5, 0.6) is 5.75 Å². The first kappa shape index (κ1) is 25.1. The lowest BCUT2D eigenvalue weighted by Crippen LogP contribution is -2.25. The number of aromatic hydroxyl groups is 1. The Morgan fingerprint density at radius 3 is 2.26 bits per heavy atom. The Hall–Kier alpha value is -3.49. The van der Waals surface area contributed by atoms with E-state index in [0.717, 1.165) is 12.1 Å². The third kappa shape index (κ3) is 5.70. The minimum atomic E-state index is -4.47. The van der Waals surface area contributed by atoms with Gasteiger partial charge in [-0.3, -0.25) is 10.1 Å². The molecule has 3 aromatic rings. The van der Waals surface area contributed by atoms with Gasteiger partial charge in [0, 0.05) is 18.3 Å². The predicted molar refractivity (Wildman–Crippen MR) is 125 cm³/mol. The molecule has 3 rings (SSSR count). The molecule has 1 aromatic heterocycles. The number of aromatic nitrogens is 2. The van der Waals surface area contributed by atoms with Crippen molar-refractivity contribution in [2.75, 3.05) is 5.32 Å². The number of hydrogen-bond acceptors (Lipinski definition) is 6. The second-order valence-electron chi connectivity index (χ2n) is 7.08. The van der Waals surface area contributed by atoms with E-state index in [2.05, 4.69) is 20.9 Å². The number of alkyl halides is 3. The number of nitrogens with zero attached hydrogens (tertiary/aromatic N) is 3. The van der Waals surface area contributed by atoms with Crippen LogP contribution in [-0.4, -0.2) is 34.1 Å². The summed E-state index contributed by atoms with van der Waals surface area (Å²) in [6.07, 6.45) is -4.47. The highest BCUT2D eigenvalue weighted by molar-refractivity contribution is 7.89. The van der Waals surface area contributed by atoms with Gasteiger partial charge in [0.25, 0.3) is 0 Å². The molecule has 0 saturated carbocycles. The number of thiocarbonyl (C=S) groups is 1. The molecule has 180 valence electrons. The van der Waals surface area contributed by atoms with Crippen molar-refractivity contribution >= 4 is 38.8 Å². The Kier molecular flexibility index (Phi) is 6.95. The molecule has 0 aliphatic heterocycles. The highest BCUT2D eigenvalue weighted by Crippen LogP contribution is 2.35. The first-order valence-electron chi connectivity index (χ1n) is 9.45. The zero-order valence-corrected chi connectivity index (χ0v) is 19.4. The number of nitrogens with one attached hydrogen (secondary N) is 2. The van der Waals surface area contributed by atoms with Crippen molar-refractivity contribution in [3.63, 3.8) is 0 Å². The van der Waals surface area contributed by atoms with E-state index in [9.17, 15) is 26.7 Å². The molecular weight excluding hydrogens is 493 g/mol. The Morgan fingerprint density at radius 2 is 1.74 bits per heavy atom. The van der Waals surface area contributed by atoms with Gasteiger partial charge in [-0.25, -0.2) is 13.6 Å². The molecule has 0 spiro atoms. The summed E-state index contributed by atoms with van der Waals surface area (Å²) < 4.78 is 62.4. The van der Waals surface area contributed by atoms with Crippen LogP contribution in [0.4, 0.5) is 18.9 Å². The number of halogens is 3. The topological polar surface area (TPSA) is 135 Å². The molecule has 9 nitrogen and oxygen atoms in total. The van der Waals surface area contributed by atoms with Gasteiger partial charge in [-0.1, -0.05) is 12.1 Å². The van der Waals surface area contributed by atoms with Gasteiger partial charge in [0.15, 0.2) is 16.6 Å². The van der Waals surface area contributed by atoms with Crippen LogP contribution >= 0.6 is 12.2 Å².